The van der Waals surface area contributed by atoms with Gasteiger partial charge >= 0.3 is 0 Å². The predicted octanol–water partition coefficient (Wildman–Crippen LogP) is 0.0215. The molecule has 14 heavy (non-hydrogen) atoms. The molecule has 0 N–H and O–H groups in total. The molecule has 0 aromatic heterocycles. The Morgan fingerprint density at radius 1 is 1.36 bits per heavy atom. The normalized spacial score (nSPS) is 9.50. The van der Waals surface area contributed by atoms with Crippen LogP contribution in [-0.4, -0.2) is 51.3 Å². The van der Waals surface area contributed by atoms with E-state index in [4.69, 9.17) is 14.7 Å². The Balaban J connectivity index is 3.95. The Kier molecular flexibility index (Phi) is 7.80. The molecule has 0 heterocycles. The number of hydrogen-bond donors (Lipinski definition) is 0. The monoisotopic (exact) mass is 200 g/mol. The summed E-state index contributed by atoms with van der Waals surface area (Å²) in [4.78, 5) is 13.0. The van der Waals surface area contributed by atoms with Crippen LogP contribution < -0.4 is 0 Å². The Morgan fingerprint density at radius 2 is 2.07 bits per heavy atom. The summed E-state index contributed by atoms with van der Waals surface area (Å²) < 4.78 is 9.59. The zero-order chi connectivity index (χ0) is 10.8. The summed E-state index contributed by atoms with van der Waals surface area (Å²) in [5.41, 5.74) is 0. The van der Waals surface area contributed by atoms with Gasteiger partial charge in [-0.1, -0.05) is 0 Å². The van der Waals surface area contributed by atoms with Crippen molar-refractivity contribution in [1.82, 2.24) is 4.90 Å². The lowest BCUT2D eigenvalue weighted by Gasteiger charge is -2.20. The molecule has 5 nitrogen and oxygen atoms in total. The van der Waals surface area contributed by atoms with Crippen LogP contribution in [0.3, 0.4) is 0 Å². The van der Waals surface area contributed by atoms with Gasteiger partial charge in [0.2, 0.25) is 5.91 Å². The minimum atomic E-state index is -0.111. The van der Waals surface area contributed by atoms with Crippen LogP contribution in [0.15, 0.2) is 0 Å². The van der Waals surface area contributed by atoms with Crippen LogP contribution in [0.25, 0.3) is 0 Å². The Morgan fingerprint density at radius 3 is 2.57 bits per heavy atom. The molecule has 5 heteroatoms. The van der Waals surface area contributed by atoms with Crippen molar-refractivity contribution < 1.29 is 14.3 Å². The van der Waals surface area contributed by atoms with Gasteiger partial charge < -0.3 is 14.4 Å². The second-order valence-electron chi connectivity index (χ2n) is 2.71. The third-order valence-corrected chi connectivity index (χ3v) is 1.68. The standard InChI is InChI=1S/C9H16N2O3/c1-13-7-6-11(5-3-4-10)9(12)8-14-2/h3,5-8H2,1-2H3. The number of hydrogen-bond acceptors (Lipinski definition) is 4. The van der Waals surface area contributed by atoms with Crippen molar-refractivity contribution in [2.45, 2.75) is 6.42 Å². The molecule has 0 atom stereocenters. The van der Waals surface area contributed by atoms with Gasteiger partial charge in [0.05, 0.1) is 19.1 Å². The summed E-state index contributed by atoms with van der Waals surface area (Å²) in [7, 11) is 3.04. The van der Waals surface area contributed by atoms with Crippen LogP contribution in [0.5, 0.6) is 0 Å². The van der Waals surface area contributed by atoms with E-state index in [0.29, 0.717) is 26.1 Å². The number of nitrogens with zero attached hydrogens (tertiary/aromatic N) is 2. The van der Waals surface area contributed by atoms with Gasteiger partial charge in [-0.2, -0.15) is 5.26 Å². The maximum absolute atomic E-state index is 11.4. The van der Waals surface area contributed by atoms with E-state index in [1.807, 2.05) is 6.07 Å². The second kappa shape index (κ2) is 8.48. The molecule has 0 rings (SSSR count). The Hall–Kier alpha value is -1.12. The van der Waals surface area contributed by atoms with Gasteiger partial charge in [-0.15, -0.1) is 0 Å². The molecule has 0 aliphatic heterocycles. The largest absolute Gasteiger partial charge is 0.383 e. The van der Waals surface area contributed by atoms with Crippen LogP contribution in [0.1, 0.15) is 6.42 Å². The highest BCUT2D eigenvalue weighted by molar-refractivity contribution is 5.77. The average Bonchev–Trinajstić information content (AvgIpc) is 2.18. The summed E-state index contributed by atoms with van der Waals surface area (Å²) in [6.45, 7) is 1.46. The van der Waals surface area contributed by atoms with Gasteiger partial charge in [0.15, 0.2) is 0 Å². The van der Waals surface area contributed by atoms with Crippen molar-refractivity contribution in [3.05, 3.63) is 0 Å². The molecular weight excluding hydrogens is 184 g/mol. The van der Waals surface area contributed by atoms with Crippen LogP contribution in [-0.2, 0) is 14.3 Å². The fraction of sp³-hybridized carbons (Fsp3) is 0.778. The maximum Gasteiger partial charge on any atom is 0.248 e. The van der Waals surface area contributed by atoms with E-state index in [0.717, 1.165) is 0 Å². The number of carbonyl (C=O) groups excluding carboxylic acids is 1. The smallest absolute Gasteiger partial charge is 0.248 e. The first-order chi connectivity index (χ1) is 6.76. The van der Waals surface area contributed by atoms with Crippen LogP contribution in [0.2, 0.25) is 0 Å². The van der Waals surface area contributed by atoms with E-state index in [-0.39, 0.29) is 12.5 Å². The zero-order valence-electron chi connectivity index (χ0n) is 8.65. The lowest BCUT2D eigenvalue weighted by molar-refractivity contribution is -0.135. The van der Waals surface area contributed by atoms with Crippen LogP contribution in [0, 0.1) is 11.3 Å². The van der Waals surface area contributed by atoms with Crippen molar-refractivity contribution in [3.63, 3.8) is 0 Å². The minimum Gasteiger partial charge on any atom is -0.383 e. The summed E-state index contributed by atoms with van der Waals surface area (Å²) in [5.74, 6) is -0.111. The van der Waals surface area contributed by atoms with Crippen molar-refractivity contribution in [2.24, 2.45) is 0 Å². The Labute approximate surface area is 84.2 Å². The molecule has 0 fully saturated rings. The van der Waals surface area contributed by atoms with E-state index in [9.17, 15) is 4.79 Å². The van der Waals surface area contributed by atoms with E-state index in [1.165, 1.54) is 7.11 Å². The average molecular weight is 200 g/mol. The zero-order valence-corrected chi connectivity index (χ0v) is 8.65. The maximum atomic E-state index is 11.4. The van der Waals surface area contributed by atoms with E-state index in [2.05, 4.69) is 0 Å². The first-order valence-electron chi connectivity index (χ1n) is 4.38. The second-order valence-corrected chi connectivity index (χ2v) is 2.71. The van der Waals surface area contributed by atoms with Crippen molar-refractivity contribution >= 4 is 5.91 Å². The highest BCUT2D eigenvalue weighted by Gasteiger charge is 2.11. The molecule has 0 saturated heterocycles. The number of rotatable bonds is 7. The molecule has 1 amide bonds. The molecule has 0 aliphatic rings. The molecule has 0 radical (unpaired) electrons. The predicted molar refractivity (Wildman–Crippen MR) is 50.6 cm³/mol. The molecule has 80 valence electrons. The van der Waals surface area contributed by atoms with Gasteiger partial charge in [-0.25, -0.2) is 0 Å². The van der Waals surface area contributed by atoms with Gasteiger partial charge in [0.25, 0.3) is 0 Å². The van der Waals surface area contributed by atoms with Gasteiger partial charge in [-0.3, -0.25) is 4.79 Å². The molecule has 0 aliphatic carbocycles. The third-order valence-electron chi connectivity index (χ3n) is 1.68. The summed E-state index contributed by atoms with van der Waals surface area (Å²) in [6.07, 6.45) is 0.333. The van der Waals surface area contributed by atoms with E-state index >= 15 is 0 Å². The molecule has 0 saturated carbocycles. The molecule has 0 aromatic rings. The minimum absolute atomic E-state index is 0.0507. The first-order valence-corrected chi connectivity index (χ1v) is 4.38. The van der Waals surface area contributed by atoms with E-state index < -0.39 is 0 Å². The quantitative estimate of drug-likeness (QED) is 0.581. The molecule has 0 spiro atoms. The van der Waals surface area contributed by atoms with Crippen molar-refractivity contribution in [3.8, 4) is 6.07 Å². The number of ether oxygens (including phenoxy) is 2. The fourth-order valence-corrected chi connectivity index (χ4v) is 0.962. The number of methoxy groups -OCH3 is 2. The topological polar surface area (TPSA) is 62.6 Å². The molecule has 0 aromatic carbocycles. The summed E-state index contributed by atoms with van der Waals surface area (Å²) in [5, 5.41) is 8.40. The Bertz CT molecular complexity index is 201. The fourth-order valence-electron chi connectivity index (χ4n) is 0.962. The number of carbonyl (C=O) groups is 1. The number of amides is 1. The number of nitriles is 1. The van der Waals surface area contributed by atoms with Crippen LogP contribution in [0.4, 0.5) is 0 Å². The van der Waals surface area contributed by atoms with Crippen LogP contribution >= 0.6 is 0 Å². The van der Waals surface area contributed by atoms with Crippen molar-refractivity contribution in [1.29, 1.82) is 5.26 Å². The summed E-state index contributed by atoms with van der Waals surface area (Å²) in [6, 6.07) is 2.00. The first kappa shape index (κ1) is 12.9. The lowest BCUT2D eigenvalue weighted by atomic mass is 10.4. The molecule has 0 unspecified atom stereocenters. The van der Waals surface area contributed by atoms with Gasteiger partial charge in [0.1, 0.15) is 6.61 Å². The molecule has 0 bridgehead atoms. The highest BCUT2D eigenvalue weighted by atomic mass is 16.5. The van der Waals surface area contributed by atoms with Gasteiger partial charge in [0, 0.05) is 27.3 Å². The molecular formula is C9H16N2O3. The van der Waals surface area contributed by atoms with Crippen molar-refractivity contribution in [2.75, 3.05) is 40.5 Å². The van der Waals surface area contributed by atoms with E-state index in [1.54, 1.807) is 12.0 Å². The van der Waals surface area contributed by atoms with Gasteiger partial charge in [-0.05, 0) is 0 Å². The summed E-state index contributed by atoms with van der Waals surface area (Å²) >= 11 is 0. The SMILES string of the molecule is COCCN(CCC#N)C(=O)COC. The third kappa shape index (κ3) is 5.51. The highest BCUT2D eigenvalue weighted by Crippen LogP contribution is 1.93. The lowest BCUT2D eigenvalue weighted by Crippen LogP contribution is -2.37.